The second kappa shape index (κ2) is 8.68. The SMILES string of the molecule is C[C@@H]1CCc2c(-c3nnc(SCC(=O)Nc4c(Cl)cccc4Cl)n3C)csc2C1. The number of thiophene rings is 1. The molecular formula is C20H20Cl2N4OS2. The van der Waals surface area contributed by atoms with Gasteiger partial charge in [0.05, 0.1) is 21.5 Å². The molecule has 1 aromatic carbocycles. The molecule has 2 aromatic heterocycles. The molecule has 2 heterocycles. The third-order valence-corrected chi connectivity index (χ3v) is 7.74. The second-order valence-corrected chi connectivity index (χ2v) is 9.92. The molecule has 29 heavy (non-hydrogen) atoms. The van der Waals surface area contributed by atoms with Gasteiger partial charge < -0.3 is 9.88 Å². The van der Waals surface area contributed by atoms with E-state index in [1.807, 2.05) is 23.0 Å². The first-order valence-corrected chi connectivity index (χ1v) is 11.9. The van der Waals surface area contributed by atoms with Gasteiger partial charge in [-0.05, 0) is 42.9 Å². The average molecular weight is 467 g/mol. The molecule has 0 fully saturated rings. The van der Waals surface area contributed by atoms with Crippen molar-refractivity contribution in [2.75, 3.05) is 11.1 Å². The first kappa shape index (κ1) is 20.7. The van der Waals surface area contributed by atoms with Crippen LogP contribution in [0.5, 0.6) is 0 Å². The Kier molecular flexibility index (Phi) is 6.20. The second-order valence-electron chi connectivity index (χ2n) is 7.20. The van der Waals surface area contributed by atoms with Crippen molar-refractivity contribution in [2.45, 2.75) is 31.3 Å². The fraction of sp³-hybridized carbons (Fsp3) is 0.350. The lowest BCUT2D eigenvalue weighted by molar-refractivity contribution is -0.113. The minimum atomic E-state index is -0.198. The molecule has 0 unspecified atom stereocenters. The van der Waals surface area contributed by atoms with Crippen LogP contribution < -0.4 is 5.32 Å². The topological polar surface area (TPSA) is 59.8 Å². The highest BCUT2D eigenvalue weighted by molar-refractivity contribution is 7.99. The Morgan fingerprint density at radius 3 is 2.86 bits per heavy atom. The summed E-state index contributed by atoms with van der Waals surface area (Å²) < 4.78 is 1.96. The fourth-order valence-electron chi connectivity index (χ4n) is 3.46. The monoisotopic (exact) mass is 466 g/mol. The van der Waals surface area contributed by atoms with Crippen molar-refractivity contribution < 1.29 is 4.79 Å². The number of amides is 1. The first-order valence-electron chi connectivity index (χ1n) is 9.29. The number of halogens is 2. The molecule has 1 amide bonds. The zero-order chi connectivity index (χ0) is 20.5. The van der Waals surface area contributed by atoms with Gasteiger partial charge in [0.1, 0.15) is 0 Å². The van der Waals surface area contributed by atoms with Crippen molar-refractivity contribution in [3.8, 4) is 11.4 Å². The molecule has 1 aliphatic carbocycles. The van der Waals surface area contributed by atoms with E-state index in [1.54, 1.807) is 18.2 Å². The number of aromatic nitrogens is 3. The zero-order valence-corrected chi connectivity index (χ0v) is 19.2. The Bertz CT molecular complexity index is 1040. The average Bonchev–Trinajstić information content (AvgIpc) is 3.26. The van der Waals surface area contributed by atoms with Gasteiger partial charge in [-0.3, -0.25) is 4.79 Å². The van der Waals surface area contributed by atoms with Gasteiger partial charge in [0.25, 0.3) is 0 Å². The molecule has 3 aromatic rings. The smallest absolute Gasteiger partial charge is 0.234 e. The maximum Gasteiger partial charge on any atom is 0.234 e. The van der Waals surface area contributed by atoms with Crippen molar-refractivity contribution >= 4 is 57.9 Å². The van der Waals surface area contributed by atoms with Crippen LogP contribution in [0.25, 0.3) is 11.4 Å². The number of carbonyl (C=O) groups is 1. The number of para-hydroxylation sites is 1. The highest BCUT2D eigenvalue weighted by Crippen LogP contribution is 2.38. The molecule has 0 saturated carbocycles. The molecule has 0 radical (unpaired) electrons. The van der Waals surface area contributed by atoms with Gasteiger partial charge in [-0.15, -0.1) is 21.5 Å². The number of carbonyl (C=O) groups excluding carboxylic acids is 1. The fourth-order valence-corrected chi connectivity index (χ4v) is 5.91. The summed E-state index contributed by atoms with van der Waals surface area (Å²) in [6.07, 6.45) is 3.44. The van der Waals surface area contributed by atoms with Crippen molar-refractivity contribution in [2.24, 2.45) is 13.0 Å². The van der Waals surface area contributed by atoms with Crippen molar-refractivity contribution in [1.29, 1.82) is 0 Å². The summed E-state index contributed by atoms with van der Waals surface area (Å²) in [6, 6.07) is 5.11. The first-order chi connectivity index (χ1) is 13.9. The maximum absolute atomic E-state index is 12.4. The number of hydrogen-bond acceptors (Lipinski definition) is 5. The Labute approximate surface area is 187 Å². The molecule has 0 aliphatic heterocycles. The summed E-state index contributed by atoms with van der Waals surface area (Å²) in [6.45, 7) is 2.31. The summed E-state index contributed by atoms with van der Waals surface area (Å²) >= 11 is 15.4. The van der Waals surface area contributed by atoms with E-state index in [1.165, 1.54) is 34.2 Å². The van der Waals surface area contributed by atoms with E-state index in [9.17, 15) is 4.79 Å². The van der Waals surface area contributed by atoms with Crippen LogP contribution >= 0.6 is 46.3 Å². The molecule has 1 N–H and O–H groups in total. The van der Waals surface area contributed by atoms with E-state index in [4.69, 9.17) is 23.2 Å². The summed E-state index contributed by atoms with van der Waals surface area (Å²) in [5.74, 6) is 1.59. The number of thioether (sulfide) groups is 1. The Balaban J connectivity index is 1.45. The molecule has 4 rings (SSSR count). The van der Waals surface area contributed by atoms with Crippen LogP contribution in [0.3, 0.4) is 0 Å². The lowest BCUT2D eigenvalue weighted by Crippen LogP contribution is -2.15. The van der Waals surface area contributed by atoms with Gasteiger partial charge in [0.2, 0.25) is 5.91 Å². The number of nitrogens with zero attached hydrogens (tertiary/aromatic N) is 3. The Morgan fingerprint density at radius 2 is 2.10 bits per heavy atom. The van der Waals surface area contributed by atoms with E-state index in [2.05, 4.69) is 27.8 Å². The molecule has 9 heteroatoms. The third-order valence-electron chi connectivity index (χ3n) is 5.04. The lowest BCUT2D eigenvalue weighted by atomic mass is 9.88. The normalized spacial score (nSPS) is 15.9. The van der Waals surface area contributed by atoms with Gasteiger partial charge in [-0.2, -0.15) is 0 Å². The van der Waals surface area contributed by atoms with Crippen molar-refractivity contribution in [1.82, 2.24) is 14.8 Å². The van der Waals surface area contributed by atoms with Crippen LogP contribution in [-0.2, 0) is 24.7 Å². The van der Waals surface area contributed by atoms with Crippen molar-refractivity contribution in [3.05, 3.63) is 44.1 Å². The van der Waals surface area contributed by atoms with Gasteiger partial charge in [-0.1, -0.05) is 48.0 Å². The molecular weight excluding hydrogens is 447 g/mol. The summed E-state index contributed by atoms with van der Waals surface area (Å²) in [7, 11) is 1.94. The molecule has 5 nitrogen and oxygen atoms in total. The van der Waals surface area contributed by atoms with Gasteiger partial charge in [-0.25, -0.2) is 0 Å². The summed E-state index contributed by atoms with van der Waals surface area (Å²) in [5.41, 5.74) is 3.01. The molecule has 1 aliphatic rings. The molecule has 0 saturated heterocycles. The van der Waals surface area contributed by atoms with Crippen LogP contribution in [0, 0.1) is 5.92 Å². The highest BCUT2D eigenvalue weighted by Gasteiger charge is 2.23. The molecule has 1 atom stereocenters. The number of hydrogen-bond donors (Lipinski definition) is 1. The standard InChI is InChI=1S/C20H20Cl2N4OS2/c1-11-6-7-12-13(9-28-16(12)8-11)19-24-25-20(26(19)2)29-10-17(27)23-18-14(21)4-3-5-15(18)22/h3-5,9,11H,6-8,10H2,1-2H3,(H,23,27)/t11-/m1/s1. The Hall–Kier alpha value is -1.54. The van der Waals surface area contributed by atoms with Crippen LogP contribution in [0.1, 0.15) is 23.8 Å². The third kappa shape index (κ3) is 4.33. The molecule has 0 spiro atoms. The number of anilines is 1. The number of rotatable bonds is 5. The number of fused-ring (bicyclic) bond motifs is 1. The van der Waals surface area contributed by atoms with E-state index in [-0.39, 0.29) is 11.7 Å². The number of nitrogens with one attached hydrogen (secondary N) is 1. The van der Waals surface area contributed by atoms with E-state index in [0.29, 0.717) is 20.9 Å². The quantitative estimate of drug-likeness (QED) is 0.489. The van der Waals surface area contributed by atoms with Crippen LogP contribution in [0.15, 0.2) is 28.7 Å². The summed E-state index contributed by atoms with van der Waals surface area (Å²) in [5, 5.41) is 15.2. The summed E-state index contributed by atoms with van der Waals surface area (Å²) in [4.78, 5) is 13.8. The van der Waals surface area contributed by atoms with Crippen molar-refractivity contribution in [3.63, 3.8) is 0 Å². The van der Waals surface area contributed by atoms with E-state index >= 15 is 0 Å². The van der Waals surface area contributed by atoms with Crippen LogP contribution in [0.4, 0.5) is 5.69 Å². The maximum atomic E-state index is 12.4. The minimum absolute atomic E-state index is 0.187. The number of benzene rings is 1. The van der Waals surface area contributed by atoms with Crippen LogP contribution in [-0.4, -0.2) is 26.4 Å². The minimum Gasteiger partial charge on any atom is -0.323 e. The zero-order valence-electron chi connectivity index (χ0n) is 16.0. The van der Waals surface area contributed by atoms with Gasteiger partial charge in [0.15, 0.2) is 11.0 Å². The molecule has 0 bridgehead atoms. The predicted molar refractivity (Wildman–Crippen MR) is 121 cm³/mol. The largest absolute Gasteiger partial charge is 0.323 e. The van der Waals surface area contributed by atoms with Gasteiger partial charge >= 0.3 is 0 Å². The lowest BCUT2D eigenvalue weighted by Gasteiger charge is -2.18. The molecule has 152 valence electrons. The van der Waals surface area contributed by atoms with Gasteiger partial charge in [0, 0.05) is 22.9 Å². The predicted octanol–water partition coefficient (Wildman–Crippen LogP) is 5.71. The van der Waals surface area contributed by atoms with Crippen LogP contribution in [0.2, 0.25) is 10.0 Å². The van der Waals surface area contributed by atoms with E-state index in [0.717, 1.165) is 24.6 Å². The van der Waals surface area contributed by atoms with E-state index < -0.39 is 0 Å². The highest BCUT2D eigenvalue weighted by atomic mass is 35.5. The Morgan fingerprint density at radius 1 is 1.34 bits per heavy atom.